The van der Waals surface area contributed by atoms with E-state index in [4.69, 9.17) is 4.74 Å². The molecule has 3 heteroatoms. The van der Waals surface area contributed by atoms with Crippen LogP contribution in [0, 0.1) is 6.92 Å². The van der Waals surface area contributed by atoms with Crippen LogP contribution in [0.1, 0.15) is 59.6 Å². The van der Waals surface area contributed by atoms with Gasteiger partial charge in [0.25, 0.3) is 0 Å². The zero-order chi connectivity index (χ0) is 23.9. The number of aryl methyl sites for hydroxylation is 2. The van der Waals surface area contributed by atoms with E-state index in [1.54, 1.807) is 7.11 Å². The molecular formula is C31H40N2O. The lowest BCUT2D eigenvalue weighted by Gasteiger charge is -2.32. The highest BCUT2D eigenvalue weighted by Gasteiger charge is 2.24. The Balaban J connectivity index is 1.56. The van der Waals surface area contributed by atoms with Gasteiger partial charge in [-0.15, -0.1) is 0 Å². The fourth-order valence-electron chi connectivity index (χ4n) is 5.23. The van der Waals surface area contributed by atoms with Crippen LogP contribution in [-0.4, -0.2) is 26.7 Å². The van der Waals surface area contributed by atoms with Crippen LogP contribution in [0.25, 0.3) is 0 Å². The molecule has 0 heterocycles. The summed E-state index contributed by atoms with van der Waals surface area (Å²) in [6, 6.07) is 22.8. The molecule has 1 aliphatic rings. The summed E-state index contributed by atoms with van der Waals surface area (Å²) < 4.78 is 5.64. The minimum absolute atomic E-state index is 0.540. The fraction of sp³-hybridized carbons (Fsp3) is 0.419. The molecule has 3 aromatic rings. The minimum Gasteiger partial charge on any atom is -0.497 e. The number of methoxy groups -OCH3 is 1. The highest BCUT2D eigenvalue weighted by Crippen LogP contribution is 2.39. The molecule has 0 radical (unpaired) electrons. The van der Waals surface area contributed by atoms with Crippen LogP contribution in [-0.2, 0) is 25.8 Å². The number of rotatable bonds is 10. The van der Waals surface area contributed by atoms with Gasteiger partial charge >= 0.3 is 0 Å². The average molecular weight is 457 g/mol. The standard InChI is InChI=1S/C31H40N2O/c1-5-32-18-17-24-8-10-25(11-9-24)22-33(6-2)31-21-29(34-4)15-16-30(31)28-14-13-26-19-23(3)7-12-27(26)20-28/h7-12,15-16,19,21,28,32H,5-6,13-14,17-18,20,22H2,1-4H3/t28-/m0/s1. The Morgan fingerprint density at radius 3 is 2.47 bits per heavy atom. The number of benzene rings is 3. The van der Waals surface area contributed by atoms with Gasteiger partial charge in [-0.3, -0.25) is 0 Å². The zero-order valence-corrected chi connectivity index (χ0v) is 21.4. The van der Waals surface area contributed by atoms with Crippen molar-refractivity contribution in [2.24, 2.45) is 0 Å². The van der Waals surface area contributed by atoms with Crippen molar-refractivity contribution in [3.05, 3.63) is 94.0 Å². The van der Waals surface area contributed by atoms with Crippen molar-refractivity contribution in [1.82, 2.24) is 5.32 Å². The van der Waals surface area contributed by atoms with Crippen molar-refractivity contribution in [3.63, 3.8) is 0 Å². The maximum absolute atomic E-state index is 5.64. The fourth-order valence-corrected chi connectivity index (χ4v) is 5.23. The molecule has 0 aromatic heterocycles. The van der Waals surface area contributed by atoms with Gasteiger partial charge in [0.1, 0.15) is 5.75 Å². The van der Waals surface area contributed by atoms with E-state index in [0.29, 0.717) is 5.92 Å². The van der Waals surface area contributed by atoms with Gasteiger partial charge in [0, 0.05) is 24.8 Å². The quantitative estimate of drug-likeness (QED) is 0.355. The van der Waals surface area contributed by atoms with Crippen LogP contribution in [0.5, 0.6) is 5.75 Å². The molecule has 0 bridgehead atoms. The topological polar surface area (TPSA) is 24.5 Å². The van der Waals surface area contributed by atoms with Gasteiger partial charge in [0.15, 0.2) is 0 Å². The normalized spacial score (nSPS) is 15.1. The summed E-state index contributed by atoms with van der Waals surface area (Å²) in [4.78, 5) is 2.51. The number of likely N-dealkylation sites (N-methyl/N-ethyl adjacent to an activating group) is 1. The number of ether oxygens (including phenoxy) is 1. The van der Waals surface area contributed by atoms with Crippen molar-refractivity contribution in [1.29, 1.82) is 0 Å². The molecule has 0 spiro atoms. The molecule has 0 saturated heterocycles. The smallest absolute Gasteiger partial charge is 0.120 e. The molecule has 4 rings (SSSR count). The first kappa shape index (κ1) is 24.3. The molecule has 1 atom stereocenters. The molecule has 0 aliphatic heterocycles. The molecule has 180 valence electrons. The Labute approximate surface area is 206 Å². The lowest BCUT2D eigenvalue weighted by atomic mass is 9.79. The van der Waals surface area contributed by atoms with E-state index in [2.05, 4.69) is 91.7 Å². The van der Waals surface area contributed by atoms with Gasteiger partial charge in [0.05, 0.1) is 7.11 Å². The molecule has 0 fully saturated rings. The van der Waals surface area contributed by atoms with Crippen molar-refractivity contribution >= 4 is 5.69 Å². The van der Waals surface area contributed by atoms with E-state index in [1.165, 1.54) is 45.5 Å². The molecule has 0 amide bonds. The van der Waals surface area contributed by atoms with E-state index in [1.807, 2.05) is 0 Å². The Morgan fingerprint density at radius 2 is 1.74 bits per heavy atom. The molecular weight excluding hydrogens is 416 g/mol. The van der Waals surface area contributed by atoms with E-state index in [9.17, 15) is 0 Å². The van der Waals surface area contributed by atoms with Crippen LogP contribution < -0.4 is 15.0 Å². The van der Waals surface area contributed by atoms with Gasteiger partial charge in [-0.25, -0.2) is 0 Å². The molecule has 3 aromatic carbocycles. The van der Waals surface area contributed by atoms with Crippen LogP contribution in [0.2, 0.25) is 0 Å². The number of hydrogen-bond donors (Lipinski definition) is 1. The highest BCUT2D eigenvalue weighted by molar-refractivity contribution is 5.60. The van der Waals surface area contributed by atoms with Crippen molar-refractivity contribution in [2.45, 2.75) is 58.9 Å². The summed E-state index contributed by atoms with van der Waals surface area (Å²) in [5.41, 5.74) is 9.94. The first-order chi connectivity index (χ1) is 16.6. The van der Waals surface area contributed by atoms with E-state index >= 15 is 0 Å². The Hall–Kier alpha value is -2.78. The summed E-state index contributed by atoms with van der Waals surface area (Å²) in [7, 11) is 1.76. The predicted octanol–water partition coefficient (Wildman–Crippen LogP) is 6.45. The Kier molecular flexibility index (Phi) is 8.29. The number of fused-ring (bicyclic) bond motifs is 1. The zero-order valence-electron chi connectivity index (χ0n) is 21.4. The van der Waals surface area contributed by atoms with Gasteiger partial charge in [-0.1, -0.05) is 61.0 Å². The Bertz CT molecular complexity index is 1070. The number of nitrogens with one attached hydrogen (secondary N) is 1. The second-order valence-corrected chi connectivity index (χ2v) is 9.57. The summed E-state index contributed by atoms with van der Waals surface area (Å²) in [6.07, 6.45) is 4.56. The van der Waals surface area contributed by atoms with Crippen molar-refractivity contribution < 1.29 is 4.74 Å². The molecule has 1 N–H and O–H groups in total. The third kappa shape index (κ3) is 5.82. The maximum atomic E-state index is 5.64. The SMILES string of the molecule is CCNCCc1ccc(CN(CC)c2cc(OC)ccc2[C@H]2CCc3cc(C)ccc3C2)cc1. The van der Waals surface area contributed by atoms with Crippen LogP contribution in [0.4, 0.5) is 5.69 Å². The molecule has 3 nitrogen and oxygen atoms in total. The van der Waals surface area contributed by atoms with Crippen molar-refractivity contribution in [3.8, 4) is 5.75 Å². The van der Waals surface area contributed by atoms with E-state index in [-0.39, 0.29) is 0 Å². The lowest BCUT2D eigenvalue weighted by molar-refractivity contribution is 0.414. The molecule has 0 saturated carbocycles. The highest BCUT2D eigenvalue weighted by atomic mass is 16.5. The summed E-state index contributed by atoms with van der Waals surface area (Å²) >= 11 is 0. The number of nitrogens with zero attached hydrogens (tertiary/aromatic N) is 1. The second-order valence-electron chi connectivity index (χ2n) is 9.57. The summed E-state index contributed by atoms with van der Waals surface area (Å²) in [5.74, 6) is 1.47. The van der Waals surface area contributed by atoms with Crippen LogP contribution in [0.15, 0.2) is 60.7 Å². The van der Waals surface area contributed by atoms with Gasteiger partial charge < -0.3 is 15.0 Å². The molecule has 0 unspecified atom stereocenters. The molecule has 1 aliphatic carbocycles. The maximum Gasteiger partial charge on any atom is 0.120 e. The van der Waals surface area contributed by atoms with Crippen LogP contribution in [0.3, 0.4) is 0 Å². The van der Waals surface area contributed by atoms with E-state index in [0.717, 1.165) is 51.2 Å². The lowest BCUT2D eigenvalue weighted by Crippen LogP contribution is -2.25. The number of hydrogen-bond acceptors (Lipinski definition) is 3. The largest absolute Gasteiger partial charge is 0.497 e. The van der Waals surface area contributed by atoms with Crippen LogP contribution >= 0.6 is 0 Å². The van der Waals surface area contributed by atoms with Crippen molar-refractivity contribution in [2.75, 3.05) is 31.6 Å². The van der Waals surface area contributed by atoms with Gasteiger partial charge in [-0.05, 0) is 92.4 Å². The summed E-state index contributed by atoms with van der Waals surface area (Å²) in [6.45, 7) is 10.5. The minimum atomic E-state index is 0.540. The third-order valence-electron chi connectivity index (χ3n) is 7.23. The van der Waals surface area contributed by atoms with E-state index < -0.39 is 0 Å². The third-order valence-corrected chi connectivity index (χ3v) is 7.23. The average Bonchev–Trinajstić information content (AvgIpc) is 2.87. The molecule has 34 heavy (non-hydrogen) atoms. The van der Waals surface area contributed by atoms with Gasteiger partial charge in [0.2, 0.25) is 0 Å². The monoisotopic (exact) mass is 456 g/mol. The van der Waals surface area contributed by atoms with Gasteiger partial charge in [-0.2, -0.15) is 0 Å². The summed E-state index contributed by atoms with van der Waals surface area (Å²) in [5, 5.41) is 3.41. The first-order valence-electron chi connectivity index (χ1n) is 12.9. The second kappa shape index (κ2) is 11.6. The first-order valence-corrected chi connectivity index (χ1v) is 12.9. The predicted molar refractivity (Wildman–Crippen MR) is 144 cm³/mol. The Morgan fingerprint density at radius 1 is 0.941 bits per heavy atom. The number of anilines is 1.